The van der Waals surface area contributed by atoms with E-state index in [9.17, 15) is 4.79 Å². The number of likely N-dealkylation sites (tertiary alicyclic amines) is 1. The maximum Gasteiger partial charge on any atom is 0.224 e. The Kier molecular flexibility index (Phi) is 6.35. The smallest absolute Gasteiger partial charge is 0.224 e. The van der Waals surface area contributed by atoms with Gasteiger partial charge in [0.15, 0.2) is 0 Å². The van der Waals surface area contributed by atoms with Gasteiger partial charge in [0.05, 0.1) is 13.2 Å². The SMILES string of the molecule is CCC1CN(CCC(=O)N2CCCC2c2nccs2)Cc2cc(OC)ccc2O1. The number of carbonyl (C=O) groups excluding carboxylic acids is 1. The average Bonchev–Trinajstić information content (AvgIpc) is 3.40. The highest BCUT2D eigenvalue weighted by atomic mass is 32.1. The molecule has 0 spiro atoms. The molecule has 0 radical (unpaired) electrons. The summed E-state index contributed by atoms with van der Waals surface area (Å²) in [6.07, 6.45) is 5.50. The fourth-order valence-corrected chi connectivity index (χ4v) is 5.02. The van der Waals surface area contributed by atoms with Gasteiger partial charge in [-0.15, -0.1) is 11.3 Å². The summed E-state index contributed by atoms with van der Waals surface area (Å²) < 4.78 is 11.6. The van der Waals surface area contributed by atoms with E-state index >= 15 is 0 Å². The number of nitrogens with zero attached hydrogens (tertiary/aromatic N) is 3. The van der Waals surface area contributed by atoms with Crippen LogP contribution < -0.4 is 9.47 Å². The molecule has 2 atom stereocenters. The Morgan fingerprint density at radius 3 is 3.07 bits per heavy atom. The molecule has 2 aliphatic heterocycles. The Labute approximate surface area is 176 Å². The van der Waals surface area contributed by atoms with Crippen LogP contribution in [-0.2, 0) is 11.3 Å². The minimum Gasteiger partial charge on any atom is -0.497 e. The van der Waals surface area contributed by atoms with Gasteiger partial charge in [-0.2, -0.15) is 0 Å². The minimum absolute atomic E-state index is 0.134. The zero-order valence-electron chi connectivity index (χ0n) is 17.2. The van der Waals surface area contributed by atoms with Crippen LogP contribution in [0.2, 0.25) is 0 Å². The number of methoxy groups -OCH3 is 1. The normalized spacial score (nSPS) is 22.1. The van der Waals surface area contributed by atoms with Crippen molar-refractivity contribution in [3.8, 4) is 11.5 Å². The lowest BCUT2D eigenvalue weighted by Crippen LogP contribution is -2.37. The van der Waals surface area contributed by atoms with Gasteiger partial charge in [-0.1, -0.05) is 6.92 Å². The Morgan fingerprint density at radius 2 is 2.31 bits per heavy atom. The number of amides is 1. The van der Waals surface area contributed by atoms with Crippen molar-refractivity contribution in [1.82, 2.24) is 14.8 Å². The van der Waals surface area contributed by atoms with E-state index in [2.05, 4.69) is 16.8 Å². The summed E-state index contributed by atoms with van der Waals surface area (Å²) in [5.41, 5.74) is 1.12. The van der Waals surface area contributed by atoms with Crippen LogP contribution in [0.15, 0.2) is 29.8 Å². The molecule has 1 aromatic heterocycles. The van der Waals surface area contributed by atoms with E-state index in [1.807, 2.05) is 34.7 Å². The summed E-state index contributed by atoms with van der Waals surface area (Å²) in [6.45, 7) is 5.31. The third kappa shape index (κ3) is 4.56. The lowest BCUT2D eigenvalue weighted by Gasteiger charge is -2.26. The molecule has 0 bridgehead atoms. The van der Waals surface area contributed by atoms with Crippen molar-refractivity contribution in [2.45, 2.75) is 51.3 Å². The number of benzene rings is 1. The van der Waals surface area contributed by atoms with Crippen molar-refractivity contribution in [1.29, 1.82) is 0 Å². The fourth-order valence-electron chi connectivity index (χ4n) is 4.23. The van der Waals surface area contributed by atoms with Crippen LogP contribution in [0.4, 0.5) is 0 Å². The number of thiazole rings is 1. The molecule has 2 aromatic rings. The number of hydrogen-bond acceptors (Lipinski definition) is 6. The largest absolute Gasteiger partial charge is 0.497 e. The van der Waals surface area contributed by atoms with E-state index in [-0.39, 0.29) is 18.1 Å². The molecule has 6 nitrogen and oxygen atoms in total. The van der Waals surface area contributed by atoms with Crippen molar-refractivity contribution < 1.29 is 14.3 Å². The second-order valence-electron chi connectivity index (χ2n) is 7.72. The first-order chi connectivity index (χ1) is 14.2. The summed E-state index contributed by atoms with van der Waals surface area (Å²) in [7, 11) is 1.68. The number of rotatable bonds is 6. The maximum absolute atomic E-state index is 13.0. The average molecular weight is 416 g/mol. The van der Waals surface area contributed by atoms with E-state index in [0.717, 1.165) is 67.5 Å². The quantitative estimate of drug-likeness (QED) is 0.717. The number of fused-ring (bicyclic) bond motifs is 1. The van der Waals surface area contributed by atoms with Gasteiger partial charge in [-0.3, -0.25) is 9.69 Å². The second kappa shape index (κ2) is 9.13. The zero-order chi connectivity index (χ0) is 20.2. The van der Waals surface area contributed by atoms with Crippen molar-refractivity contribution in [3.05, 3.63) is 40.3 Å². The summed E-state index contributed by atoms with van der Waals surface area (Å²) in [5, 5.41) is 3.05. The molecule has 1 fully saturated rings. The minimum atomic E-state index is 0.134. The van der Waals surface area contributed by atoms with Crippen molar-refractivity contribution in [2.75, 3.05) is 26.7 Å². The standard InChI is InChI=1S/C22H29N3O3S/c1-3-17-15-24(14-16-13-18(27-2)6-7-20(16)28-17)11-8-21(26)25-10-4-5-19(25)22-23-9-12-29-22/h6-7,9,12-13,17,19H,3-5,8,10-11,14-15H2,1-2H3. The molecule has 2 aliphatic rings. The highest BCUT2D eigenvalue weighted by Crippen LogP contribution is 2.34. The van der Waals surface area contributed by atoms with E-state index in [4.69, 9.17) is 9.47 Å². The molecule has 2 unspecified atom stereocenters. The molecule has 0 aliphatic carbocycles. The van der Waals surface area contributed by atoms with Gasteiger partial charge in [-0.25, -0.2) is 4.98 Å². The number of aromatic nitrogens is 1. The molecule has 4 rings (SSSR count). The molecule has 29 heavy (non-hydrogen) atoms. The molecule has 7 heteroatoms. The molecule has 156 valence electrons. The van der Waals surface area contributed by atoms with Gasteiger partial charge in [0.25, 0.3) is 0 Å². The van der Waals surface area contributed by atoms with Crippen LogP contribution in [0.3, 0.4) is 0 Å². The molecular formula is C22H29N3O3S. The molecule has 1 saturated heterocycles. The molecule has 1 aromatic carbocycles. The summed E-state index contributed by atoms with van der Waals surface area (Å²) >= 11 is 1.65. The topological polar surface area (TPSA) is 54.9 Å². The van der Waals surface area contributed by atoms with E-state index in [1.54, 1.807) is 18.4 Å². The van der Waals surface area contributed by atoms with E-state index in [0.29, 0.717) is 6.42 Å². The van der Waals surface area contributed by atoms with Crippen LogP contribution in [0, 0.1) is 0 Å². The van der Waals surface area contributed by atoms with Gasteiger partial charge >= 0.3 is 0 Å². The number of hydrogen-bond donors (Lipinski definition) is 0. The van der Waals surface area contributed by atoms with Gasteiger partial charge in [0.1, 0.15) is 22.6 Å². The number of carbonyl (C=O) groups is 1. The molecular weight excluding hydrogens is 386 g/mol. The number of ether oxygens (including phenoxy) is 2. The Balaban J connectivity index is 1.42. The van der Waals surface area contributed by atoms with Crippen LogP contribution in [0.25, 0.3) is 0 Å². The Bertz CT molecular complexity index is 827. The fraction of sp³-hybridized carbons (Fsp3) is 0.545. The first-order valence-electron chi connectivity index (χ1n) is 10.4. The monoisotopic (exact) mass is 415 g/mol. The van der Waals surface area contributed by atoms with Crippen molar-refractivity contribution in [3.63, 3.8) is 0 Å². The Hall–Kier alpha value is -2.12. The summed E-state index contributed by atoms with van der Waals surface area (Å²) in [5.74, 6) is 1.99. The van der Waals surface area contributed by atoms with Crippen LogP contribution >= 0.6 is 11.3 Å². The van der Waals surface area contributed by atoms with E-state index in [1.165, 1.54) is 0 Å². The van der Waals surface area contributed by atoms with E-state index < -0.39 is 0 Å². The van der Waals surface area contributed by atoms with Gasteiger partial charge in [0, 0.05) is 49.7 Å². The van der Waals surface area contributed by atoms with Crippen LogP contribution in [0.5, 0.6) is 11.5 Å². The molecule has 0 N–H and O–H groups in total. The van der Waals surface area contributed by atoms with Gasteiger partial charge in [0.2, 0.25) is 5.91 Å². The first-order valence-corrected chi connectivity index (χ1v) is 11.3. The summed E-state index contributed by atoms with van der Waals surface area (Å²) in [4.78, 5) is 21.8. The van der Waals surface area contributed by atoms with Crippen LogP contribution in [0.1, 0.15) is 49.2 Å². The van der Waals surface area contributed by atoms with Gasteiger partial charge in [-0.05, 0) is 37.5 Å². The Morgan fingerprint density at radius 1 is 1.41 bits per heavy atom. The highest BCUT2D eigenvalue weighted by molar-refractivity contribution is 7.09. The zero-order valence-corrected chi connectivity index (χ0v) is 18.0. The first kappa shape index (κ1) is 20.2. The maximum atomic E-state index is 13.0. The molecule has 1 amide bonds. The van der Waals surface area contributed by atoms with Crippen LogP contribution in [-0.4, -0.2) is 53.5 Å². The lowest BCUT2D eigenvalue weighted by atomic mass is 10.1. The second-order valence-corrected chi connectivity index (χ2v) is 8.65. The molecule has 3 heterocycles. The summed E-state index contributed by atoms with van der Waals surface area (Å²) in [6, 6.07) is 6.13. The van der Waals surface area contributed by atoms with Gasteiger partial charge < -0.3 is 14.4 Å². The highest BCUT2D eigenvalue weighted by Gasteiger charge is 2.32. The molecule has 0 saturated carbocycles. The predicted molar refractivity (Wildman–Crippen MR) is 113 cm³/mol. The lowest BCUT2D eigenvalue weighted by molar-refractivity contribution is -0.132. The van der Waals surface area contributed by atoms with Crippen molar-refractivity contribution >= 4 is 17.2 Å². The van der Waals surface area contributed by atoms with Crippen molar-refractivity contribution in [2.24, 2.45) is 0 Å². The predicted octanol–water partition coefficient (Wildman–Crippen LogP) is 3.88. The third-order valence-electron chi connectivity index (χ3n) is 5.82. The third-order valence-corrected chi connectivity index (χ3v) is 6.70.